The van der Waals surface area contributed by atoms with Crippen LogP contribution in [-0.2, 0) is 6.54 Å². The van der Waals surface area contributed by atoms with Crippen LogP contribution in [0, 0.1) is 0 Å². The lowest BCUT2D eigenvalue weighted by Gasteiger charge is -2.32. The summed E-state index contributed by atoms with van der Waals surface area (Å²) in [5.41, 5.74) is 0. The maximum absolute atomic E-state index is 4.28. The molecule has 0 radical (unpaired) electrons. The summed E-state index contributed by atoms with van der Waals surface area (Å²) in [5.74, 6) is 0. The molecule has 2 rings (SSSR count). The highest BCUT2D eigenvalue weighted by Gasteiger charge is 2.17. The molecule has 2 heterocycles. The minimum atomic E-state index is 0.655. The fourth-order valence-electron chi connectivity index (χ4n) is 2.08. The Hall–Kier alpha value is -0.450. The van der Waals surface area contributed by atoms with Crippen molar-refractivity contribution in [1.29, 1.82) is 0 Å². The zero-order valence-electron chi connectivity index (χ0n) is 9.28. The Morgan fingerprint density at radius 3 is 3.33 bits per heavy atom. The molecular weight excluding hydrogens is 206 g/mol. The molecular formula is C11H19N3S. The van der Waals surface area contributed by atoms with Gasteiger partial charge in [-0.15, -0.1) is 11.3 Å². The Morgan fingerprint density at radius 1 is 1.67 bits per heavy atom. The molecule has 1 atom stereocenters. The van der Waals surface area contributed by atoms with E-state index in [1.165, 1.54) is 37.5 Å². The van der Waals surface area contributed by atoms with Crippen molar-refractivity contribution in [3.63, 3.8) is 0 Å². The van der Waals surface area contributed by atoms with Crippen molar-refractivity contribution in [2.45, 2.75) is 32.4 Å². The van der Waals surface area contributed by atoms with Crippen molar-refractivity contribution in [3.05, 3.63) is 16.6 Å². The third-order valence-electron chi connectivity index (χ3n) is 2.98. The van der Waals surface area contributed by atoms with Crippen molar-refractivity contribution in [1.82, 2.24) is 15.2 Å². The zero-order valence-corrected chi connectivity index (χ0v) is 10.1. The van der Waals surface area contributed by atoms with Gasteiger partial charge in [-0.1, -0.05) is 6.92 Å². The number of nitrogens with one attached hydrogen (secondary N) is 1. The molecule has 1 fully saturated rings. The molecule has 1 aromatic rings. The van der Waals surface area contributed by atoms with Crippen LogP contribution in [0.15, 0.2) is 11.6 Å². The van der Waals surface area contributed by atoms with E-state index in [0.29, 0.717) is 6.04 Å². The van der Waals surface area contributed by atoms with Gasteiger partial charge in [-0.3, -0.25) is 0 Å². The summed E-state index contributed by atoms with van der Waals surface area (Å²) < 4.78 is 0. The standard InChI is InChI=1S/C11H19N3S/c1-2-14-6-3-4-10(9-14)13-8-11-12-5-7-15-11/h5,7,10,13H,2-4,6,8-9H2,1H3. The molecule has 84 valence electrons. The van der Waals surface area contributed by atoms with Crippen molar-refractivity contribution >= 4 is 11.3 Å². The SMILES string of the molecule is CCN1CCCC(NCc2nccs2)C1. The highest BCUT2D eigenvalue weighted by molar-refractivity contribution is 7.09. The Bertz CT molecular complexity index is 273. The van der Waals surface area contributed by atoms with Crippen LogP contribution in [0.25, 0.3) is 0 Å². The van der Waals surface area contributed by atoms with Crippen LogP contribution in [0.5, 0.6) is 0 Å². The number of thiazole rings is 1. The van der Waals surface area contributed by atoms with Gasteiger partial charge in [0.25, 0.3) is 0 Å². The average Bonchev–Trinajstić information content (AvgIpc) is 2.79. The Morgan fingerprint density at radius 2 is 2.60 bits per heavy atom. The molecule has 1 aliphatic heterocycles. The number of aromatic nitrogens is 1. The smallest absolute Gasteiger partial charge is 0.106 e. The van der Waals surface area contributed by atoms with Gasteiger partial charge in [0.1, 0.15) is 5.01 Å². The van der Waals surface area contributed by atoms with E-state index in [2.05, 4.69) is 22.1 Å². The number of nitrogens with zero attached hydrogens (tertiary/aromatic N) is 2. The van der Waals surface area contributed by atoms with Crippen LogP contribution in [0.2, 0.25) is 0 Å². The lowest BCUT2D eigenvalue weighted by atomic mass is 10.1. The van der Waals surface area contributed by atoms with Crippen molar-refractivity contribution in [2.75, 3.05) is 19.6 Å². The second-order valence-corrected chi connectivity index (χ2v) is 5.02. The van der Waals surface area contributed by atoms with E-state index in [1.807, 2.05) is 11.6 Å². The predicted molar refractivity (Wildman–Crippen MR) is 64.1 cm³/mol. The van der Waals surface area contributed by atoms with Crippen LogP contribution < -0.4 is 5.32 Å². The quantitative estimate of drug-likeness (QED) is 0.845. The summed E-state index contributed by atoms with van der Waals surface area (Å²) in [6.07, 6.45) is 4.51. The molecule has 0 aromatic carbocycles. The molecule has 3 nitrogen and oxygen atoms in total. The zero-order chi connectivity index (χ0) is 10.5. The van der Waals surface area contributed by atoms with Crippen molar-refractivity contribution in [3.8, 4) is 0 Å². The minimum Gasteiger partial charge on any atom is -0.306 e. The van der Waals surface area contributed by atoms with E-state index in [0.717, 1.165) is 6.54 Å². The molecule has 1 N–H and O–H groups in total. The van der Waals surface area contributed by atoms with Gasteiger partial charge in [0.15, 0.2) is 0 Å². The van der Waals surface area contributed by atoms with E-state index in [1.54, 1.807) is 11.3 Å². The summed E-state index contributed by atoms with van der Waals surface area (Å²) in [6, 6.07) is 0.655. The number of rotatable bonds is 4. The topological polar surface area (TPSA) is 28.2 Å². The molecule has 1 aliphatic rings. The summed E-state index contributed by atoms with van der Waals surface area (Å²) >= 11 is 1.73. The number of likely N-dealkylation sites (N-methyl/N-ethyl adjacent to an activating group) is 1. The third kappa shape index (κ3) is 3.26. The van der Waals surface area contributed by atoms with E-state index in [4.69, 9.17) is 0 Å². The molecule has 1 saturated heterocycles. The van der Waals surface area contributed by atoms with Crippen molar-refractivity contribution in [2.24, 2.45) is 0 Å². The normalized spacial score (nSPS) is 23.1. The maximum atomic E-state index is 4.28. The molecule has 4 heteroatoms. The second-order valence-electron chi connectivity index (χ2n) is 4.04. The molecule has 15 heavy (non-hydrogen) atoms. The maximum Gasteiger partial charge on any atom is 0.106 e. The molecule has 0 amide bonds. The van der Waals surface area contributed by atoms with E-state index in [9.17, 15) is 0 Å². The monoisotopic (exact) mass is 225 g/mol. The third-order valence-corrected chi connectivity index (χ3v) is 3.76. The molecule has 1 unspecified atom stereocenters. The fraction of sp³-hybridized carbons (Fsp3) is 0.727. The van der Waals surface area contributed by atoms with Crippen LogP contribution in [0.1, 0.15) is 24.8 Å². The largest absolute Gasteiger partial charge is 0.306 e. The van der Waals surface area contributed by atoms with Crippen LogP contribution >= 0.6 is 11.3 Å². The fourth-order valence-corrected chi connectivity index (χ4v) is 2.65. The molecule has 0 bridgehead atoms. The van der Waals surface area contributed by atoms with Gasteiger partial charge in [-0.25, -0.2) is 4.98 Å². The molecule has 0 spiro atoms. The van der Waals surface area contributed by atoms with Gasteiger partial charge in [-0.05, 0) is 25.9 Å². The van der Waals surface area contributed by atoms with Gasteiger partial charge in [-0.2, -0.15) is 0 Å². The molecule has 0 saturated carbocycles. The highest BCUT2D eigenvalue weighted by atomic mass is 32.1. The van der Waals surface area contributed by atoms with E-state index >= 15 is 0 Å². The number of hydrogen-bond acceptors (Lipinski definition) is 4. The molecule has 1 aromatic heterocycles. The van der Waals surface area contributed by atoms with Gasteiger partial charge in [0.05, 0.1) is 0 Å². The van der Waals surface area contributed by atoms with Gasteiger partial charge in [0, 0.05) is 30.7 Å². The van der Waals surface area contributed by atoms with Crippen LogP contribution in [0.4, 0.5) is 0 Å². The number of likely N-dealkylation sites (tertiary alicyclic amines) is 1. The highest BCUT2D eigenvalue weighted by Crippen LogP contribution is 2.11. The van der Waals surface area contributed by atoms with Crippen LogP contribution in [-0.4, -0.2) is 35.6 Å². The average molecular weight is 225 g/mol. The predicted octanol–water partition coefficient (Wildman–Crippen LogP) is 1.72. The number of hydrogen-bond donors (Lipinski definition) is 1. The van der Waals surface area contributed by atoms with Crippen LogP contribution in [0.3, 0.4) is 0 Å². The minimum absolute atomic E-state index is 0.655. The van der Waals surface area contributed by atoms with E-state index in [-0.39, 0.29) is 0 Å². The Kier molecular flexibility index (Phi) is 4.11. The first-order chi connectivity index (χ1) is 7.38. The van der Waals surface area contributed by atoms with Gasteiger partial charge in [0.2, 0.25) is 0 Å². The first kappa shape index (κ1) is 11.0. The molecule has 0 aliphatic carbocycles. The summed E-state index contributed by atoms with van der Waals surface area (Å²) in [5, 5.41) is 6.83. The summed E-state index contributed by atoms with van der Waals surface area (Å²) in [7, 11) is 0. The first-order valence-corrected chi connectivity index (χ1v) is 6.60. The number of piperidine rings is 1. The van der Waals surface area contributed by atoms with E-state index < -0.39 is 0 Å². The van der Waals surface area contributed by atoms with Gasteiger partial charge < -0.3 is 10.2 Å². The summed E-state index contributed by atoms with van der Waals surface area (Å²) in [6.45, 7) is 6.81. The van der Waals surface area contributed by atoms with Gasteiger partial charge >= 0.3 is 0 Å². The second kappa shape index (κ2) is 5.58. The lowest BCUT2D eigenvalue weighted by molar-refractivity contribution is 0.198. The van der Waals surface area contributed by atoms with Crippen molar-refractivity contribution < 1.29 is 0 Å². The first-order valence-electron chi connectivity index (χ1n) is 5.72. The lowest BCUT2D eigenvalue weighted by Crippen LogP contribution is -2.45. The summed E-state index contributed by atoms with van der Waals surface area (Å²) in [4.78, 5) is 6.80. The Balaban J connectivity index is 1.74. The Labute approximate surface area is 95.5 Å².